The Labute approximate surface area is 106 Å². The third-order valence-corrected chi connectivity index (χ3v) is 1.63. The van der Waals surface area contributed by atoms with E-state index in [2.05, 4.69) is 9.24 Å². The van der Waals surface area contributed by atoms with Crippen LogP contribution in [0.5, 0.6) is 0 Å². The summed E-state index contributed by atoms with van der Waals surface area (Å²) in [6, 6.07) is 18.1. The molecule has 0 aliphatic rings. The van der Waals surface area contributed by atoms with E-state index in [1.165, 1.54) is 5.30 Å². The van der Waals surface area contributed by atoms with E-state index >= 15 is 0 Å². The predicted molar refractivity (Wildman–Crippen MR) is 53.4 cm³/mol. The Morgan fingerprint density at radius 3 is 1.77 bits per heavy atom. The normalized spacial score (nSPS) is 7.15. The molecule has 0 amide bonds. The van der Waals surface area contributed by atoms with E-state index in [9.17, 15) is 0 Å². The van der Waals surface area contributed by atoms with Gasteiger partial charge in [0.05, 0.1) is 0 Å². The monoisotopic (exact) mass is 411 g/mol. The van der Waals surface area contributed by atoms with E-state index in [-0.39, 0.29) is 37.2 Å². The summed E-state index contributed by atoms with van der Waals surface area (Å²) < 4.78 is 0. The molecule has 1 atom stereocenters. The first kappa shape index (κ1) is 15.8. The minimum Gasteiger partial charge on any atom is -0.214 e. The molecule has 0 aliphatic carbocycles. The summed E-state index contributed by atoms with van der Waals surface area (Å²) in [5.74, 6) is 0. The molecule has 2 rings (SSSR count). The number of hydrogen-bond donors (Lipinski definition) is 0. The smallest absolute Gasteiger partial charge is 0.214 e. The SMILES string of the molecule is Pc1ccc[cH-]1.[Fe+2].[Ir].c1cc[cH-]c1. The molecule has 0 saturated heterocycles. The van der Waals surface area contributed by atoms with Crippen molar-refractivity contribution in [2.45, 2.75) is 0 Å². The van der Waals surface area contributed by atoms with Crippen LogP contribution >= 0.6 is 9.24 Å². The van der Waals surface area contributed by atoms with Crippen molar-refractivity contribution in [2.75, 3.05) is 0 Å². The van der Waals surface area contributed by atoms with Gasteiger partial charge in [0.2, 0.25) is 0 Å². The zero-order chi connectivity index (χ0) is 7.94. The van der Waals surface area contributed by atoms with Crippen LogP contribution in [-0.4, -0.2) is 0 Å². The topological polar surface area (TPSA) is 0 Å². The van der Waals surface area contributed by atoms with Crippen molar-refractivity contribution in [3.63, 3.8) is 0 Å². The van der Waals surface area contributed by atoms with E-state index in [0.717, 1.165) is 0 Å². The van der Waals surface area contributed by atoms with Crippen molar-refractivity contribution >= 4 is 14.5 Å². The van der Waals surface area contributed by atoms with Gasteiger partial charge in [-0.2, -0.15) is 30.3 Å². The van der Waals surface area contributed by atoms with Crippen molar-refractivity contribution < 1.29 is 37.2 Å². The van der Waals surface area contributed by atoms with Crippen LogP contribution in [0.25, 0.3) is 0 Å². The van der Waals surface area contributed by atoms with Gasteiger partial charge in [0.25, 0.3) is 0 Å². The number of rotatable bonds is 0. The molecule has 0 aromatic heterocycles. The van der Waals surface area contributed by atoms with Crippen LogP contribution in [0.15, 0.2) is 54.6 Å². The molecule has 0 heterocycles. The van der Waals surface area contributed by atoms with Crippen molar-refractivity contribution in [3.8, 4) is 0 Å². The fourth-order valence-corrected chi connectivity index (χ4v) is 0.932. The Bertz CT molecular complexity index is 233. The molecule has 0 saturated carbocycles. The molecule has 0 aliphatic heterocycles. The van der Waals surface area contributed by atoms with Crippen LogP contribution < -0.4 is 5.30 Å². The van der Waals surface area contributed by atoms with Gasteiger partial charge in [-0.1, -0.05) is 0 Å². The Hall–Kier alpha value is 0.299. The quantitative estimate of drug-likeness (QED) is 0.355. The average molecular weight is 410 g/mol. The van der Waals surface area contributed by atoms with Crippen molar-refractivity contribution in [2.24, 2.45) is 0 Å². The van der Waals surface area contributed by atoms with E-state index < -0.39 is 0 Å². The first-order valence-electron chi connectivity index (χ1n) is 3.53. The molecule has 0 bridgehead atoms. The second-order valence-corrected chi connectivity index (χ2v) is 2.85. The minimum absolute atomic E-state index is 0. The fraction of sp³-hybridized carbons (Fsp3) is 0. The maximum absolute atomic E-state index is 2.62. The standard InChI is InChI=1S/C5H6P.C5H5.Fe.Ir/c6-5-3-1-2-4-5;1-2-4-5-3-1;;/h1-4H,6H2;1-5H;;/q2*-1;+2;. The third kappa shape index (κ3) is 8.62. The molecule has 0 nitrogen and oxygen atoms in total. The molecular formula is C10H11FeIrP. The molecule has 1 radical (unpaired) electrons. The summed E-state index contributed by atoms with van der Waals surface area (Å²) in [6.07, 6.45) is 0. The van der Waals surface area contributed by atoms with Gasteiger partial charge in [-0.15, -0.1) is 14.5 Å². The Morgan fingerprint density at radius 1 is 1.00 bits per heavy atom. The summed E-state index contributed by atoms with van der Waals surface area (Å²) in [5.41, 5.74) is 0. The van der Waals surface area contributed by atoms with Crippen molar-refractivity contribution in [1.82, 2.24) is 0 Å². The Balaban J connectivity index is 0. The van der Waals surface area contributed by atoms with Gasteiger partial charge in [-0.25, -0.2) is 24.3 Å². The van der Waals surface area contributed by atoms with Crippen LogP contribution in [0.1, 0.15) is 0 Å². The van der Waals surface area contributed by atoms with Gasteiger partial charge >= 0.3 is 17.1 Å². The molecule has 73 valence electrons. The molecule has 3 heteroatoms. The van der Waals surface area contributed by atoms with Gasteiger partial charge in [-0.05, 0) is 0 Å². The zero-order valence-corrected chi connectivity index (χ0v) is 11.6. The largest absolute Gasteiger partial charge is 2.00 e. The fourth-order valence-electron chi connectivity index (χ4n) is 0.710. The maximum Gasteiger partial charge on any atom is 2.00 e. The van der Waals surface area contributed by atoms with Crippen molar-refractivity contribution in [3.05, 3.63) is 54.6 Å². The van der Waals surface area contributed by atoms with Crippen LogP contribution in [-0.2, 0) is 37.2 Å². The second kappa shape index (κ2) is 10.4. The molecule has 2 aromatic carbocycles. The van der Waals surface area contributed by atoms with Gasteiger partial charge < -0.3 is 0 Å². The summed E-state index contributed by atoms with van der Waals surface area (Å²) in [7, 11) is 2.62. The van der Waals surface area contributed by atoms with E-state index in [4.69, 9.17) is 0 Å². The summed E-state index contributed by atoms with van der Waals surface area (Å²) in [4.78, 5) is 0. The molecule has 0 N–H and O–H groups in total. The molecular weight excluding hydrogens is 399 g/mol. The predicted octanol–water partition coefficient (Wildman–Crippen LogP) is 2.31. The number of hydrogen-bond acceptors (Lipinski definition) is 0. The first-order chi connectivity index (χ1) is 5.39. The van der Waals surface area contributed by atoms with Gasteiger partial charge in [-0.3, -0.25) is 0 Å². The second-order valence-electron chi connectivity index (χ2n) is 2.18. The first-order valence-corrected chi connectivity index (χ1v) is 4.11. The Morgan fingerprint density at radius 2 is 1.62 bits per heavy atom. The van der Waals surface area contributed by atoms with Crippen LogP contribution in [0.3, 0.4) is 0 Å². The van der Waals surface area contributed by atoms with Crippen molar-refractivity contribution in [1.29, 1.82) is 0 Å². The molecule has 0 fully saturated rings. The Kier molecular flexibility index (Phi) is 12.6. The summed E-state index contributed by atoms with van der Waals surface area (Å²) in [5, 5.41) is 1.26. The van der Waals surface area contributed by atoms with E-state index in [1.54, 1.807) is 0 Å². The average Bonchev–Trinajstić information content (AvgIpc) is 2.57. The maximum atomic E-state index is 2.62. The van der Waals surface area contributed by atoms with Gasteiger partial charge in [0, 0.05) is 20.1 Å². The van der Waals surface area contributed by atoms with Gasteiger partial charge in [0.1, 0.15) is 0 Å². The minimum atomic E-state index is 0. The molecule has 13 heavy (non-hydrogen) atoms. The molecule has 2 aromatic rings. The molecule has 0 spiro atoms. The summed E-state index contributed by atoms with van der Waals surface area (Å²) >= 11 is 0. The summed E-state index contributed by atoms with van der Waals surface area (Å²) in [6.45, 7) is 0. The zero-order valence-electron chi connectivity index (χ0n) is 6.96. The van der Waals surface area contributed by atoms with Crippen LogP contribution in [0.4, 0.5) is 0 Å². The van der Waals surface area contributed by atoms with E-state index in [0.29, 0.717) is 0 Å². The third-order valence-electron chi connectivity index (χ3n) is 1.24. The van der Waals surface area contributed by atoms with Crippen LogP contribution in [0.2, 0.25) is 0 Å². The van der Waals surface area contributed by atoms with Crippen LogP contribution in [0, 0.1) is 0 Å². The van der Waals surface area contributed by atoms with Gasteiger partial charge in [0.15, 0.2) is 0 Å². The molecule has 1 unspecified atom stereocenters. The van der Waals surface area contributed by atoms with E-state index in [1.807, 2.05) is 54.6 Å².